The molecule has 0 bridgehead atoms. The van der Waals surface area contributed by atoms with Crippen LogP contribution in [0.4, 0.5) is 11.4 Å². The average Bonchev–Trinajstić information content (AvgIpc) is 3.47. The first-order valence-corrected chi connectivity index (χ1v) is 20.1. The molecule has 0 unspecified atom stereocenters. The molecule has 290 valence electrons. The summed E-state index contributed by atoms with van der Waals surface area (Å²) in [7, 11) is 0. The van der Waals surface area contributed by atoms with E-state index in [9.17, 15) is 4.79 Å². The summed E-state index contributed by atoms with van der Waals surface area (Å²) in [5.41, 5.74) is 22.2. The Morgan fingerprint density at radius 1 is 0.625 bits per heavy atom. The minimum absolute atomic E-state index is 0.00732. The number of rotatable bonds is 12. The molecule has 1 aliphatic heterocycles. The van der Waals surface area contributed by atoms with E-state index in [4.69, 9.17) is 72.1 Å². The fourth-order valence-corrected chi connectivity index (χ4v) is 8.58. The van der Waals surface area contributed by atoms with Gasteiger partial charge in [0.25, 0.3) is 0 Å². The van der Waals surface area contributed by atoms with Crippen molar-refractivity contribution in [1.82, 2.24) is 0 Å². The van der Waals surface area contributed by atoms with Crippen LogP contribution in [0.1, 0.15) is 88.1 Å². The Morgan fingerprint density at radius 3 is 1.43 bits per heavy atom. The average molecular weight is 831 g/mol. The fourth-order valence-electron chi connectivity index (χ4n) is 7.50. The van der Waals surface area contributed by atoms with Crippen molar-refractivity contribution in [1.29, 1.82) is 0 Å². The number of fused-ring (bicyclic) bond motifs is 1. The third-order valence-electron chi connectivity index (χ3n) is 10.3. The van der Waals surface area contributed by atoms with Crippen LogP contribution < -0.4 is 20.9 Å². The van der Waals surface area contributed by atoms with Crippen molar-refractivity contribution < 1.29 is 19.0 Å². The van der Waals surface area contributed by atoms with Crippen molar-refractivity contribution >= 4 is 74.9 Å². The van der Waals surface area contributed by atoms with Gasteiger partial charge in [-0.15, -0.1) is 0 Å². The van der Waals surface area contributed by atoms with Gasteiger partial charge in [0.1, 0.15) is 11.5 Å². The lowest BCUT2D eigenvalue weighted by Crippen LogP contribution is -2.23. The van der Waals surface area contributed by atoms with Crippen molar-refractivity contribution in [2.75, 3.05) is 24.7 Å². The molecule has 0 amide bonds. The minimum Gasteiger partial charge on any atom is -0.494 e. The number of esters is 1. The predicted octanol–water partition coefficient (Wildman–Crippen LogP) is 12.6. The van der Waals surface area contributed by atoms with Gasteiger partial charge in [0.05, 0.1) is 38.9 Å². The molecule has 6 rings (SSSR count). The van der Waals surface area contributed by atoms with Crippen LogP contribution in [0.3, 0.4) is 0 Å². The number of hydrogen-bond donors (Lipinski definition) is 2. The van der Waals surface area contributed by atoms with Gasteiger partial charge in [-0.3, -0.25) is 0 Å². The van der Waals surface area contributed by atoms with Crippen molar-refractivity contribution in [2.24, 2.45) is 0 Å². The number of cyclic esters (lactones) is 1. The molecule has 5 aromatic carbocycles. The molecule has 0 saturated heterocycles. The molecule has 1 heterocycles. The molecule has 1 aliphatic rings. The van der Waals surface area contributed by atoms with Crippen molar-refractivity contribution in [2.45, 2.75) is 60.0 Å². The molecule has 0 saturated carbocycles. The predicted molar refractivity (Wildman–Crippen MR) is 233 cm³/mol. The van der Waals surface area contributed by atoms with Crippen LogP contribution in [-0.4, -0.2) is 19.2 Å². The lowest BCUT2D eigenvalue weighted by Gasteiger charge is -2.28. The zero-order valence-electron chi connectivity index (χ0n) is 32.2. The van der Waals surface area contributed by atoms with E-state index in [1.165, 1.54) is 0 Å². The van der Waals surface area contributed by atoms with Gasteiger partial charge in [0.15, 0.2) is 5.60 Å². The van der Waals surface area contributed by atoms with E-state index in [2.05, 4.69) is 13.8 Å². The van der Waals surface area contributed by atoms with Gasteiger partial charge in [-0.25, -0.2) is 4.79 Å². The molecule has 0 aromatic heterocycles. The number of ether oxygens (including phenoxy) is 3. The molecule has 0 atom stereocenters. The van der Waals surface area contributed by atoms with Crippen LogP contribution in [-0.2, 0) is 23.2 Å². The lowest BCUT2D eigenvalue weighted by atomic mass is 9.81. The van der Waals surface area contributed by atoms with Crippen LogP contribution in [0.2, 0.25) is 20.1 Å². The van der Waals surface area contributed by atoms with Gasteiger partial charge in [0.2, 0.25) is 0 Å². The van der Waals surface area contributed by atoms with E-state index in [0.717, 1.165) is 44.5 Å². The number of anilines is 2. The van der Waals surface area contributed by atoms with E-state index in [1.54, 1.807) is 0 Å². The molecule has 0 radical (unpaired) electrons. The fraction of sp³-hybridized carbons (Fsp3) is 0.239. The number of nitrogens with two attached hydrogens (primary N) is 2. The lowest BCUT2D eigenvalue weighted by molar-refractivity contribution is 0.0300. The van der Waals surface area contributed by atoms with Crippen LogP contribution >= 0.6 is 46.4 Å². The molecule has 56 heavy (non-hydrogen) atoms. The molecule has 0 fully saturated rings. The van der Waals surface area contributed by atoms with Gasteiger partial charge < -0.3 is 25.7 Å². The first kappa shape index (κ1) is 41.1. The van der Waals surface area contributed by atoms with E-state index < -0.39 is 11.6 Å². The number of nitrogen functional groups attached to an aromatic ring is 2. The third-order valence-corrected chi connectivity index (χ3v) is 12.1. The Bertz CT molecular complexity index is 2260. The summed E-state index contributed by atoms with van der Waals surface area (Å²) in [5.74, 6) is 0.668. The highest BCUT2D eigenvalue weighted by Gasteiger charge is 2.48. The monoisotopic (exact) mass is 828 g/mol. The zero-order valence-corrected chi connectivity index (χ0v) is 35.2. The normalized spacial score (nSPS) is 15.5. The molecule has 5 aromatic rings. The third kappa shape index (κ3) is 7.48. The second-order valence-electron chi connectivity index (χ2n) is 13.6. The van der Waals surface area contributed by atoms with E-state index in [-0.39, 0.29) is 31.2 Å². The number of carbonyl (C=O) groups excluding carboxylic acids is 1. The van der Waals surface area contributed by atoms with Gasteiger partial charge in [-0.2, -0.15) is 0 Å². The van der Waals surface area contributed by atoms with Gasteiger partial charge in [-0.1, -0.05) is 109 Å². The van der Waals surface area contributed by atoms with Crippen molar-refractivity contribution in [3.63, 3.8) is 0 Å². The quantitative estimate of drug-likeness (QED) is 0.0563. The maximum absolute atomic E-state index is 14.3. The second-order valence-corrected chi connectivity index (χ2v) is 15.1. The highest BCUT2D eigenvalue weighted by atomic mass is 35.5. The van der Waals surface area contributed by atoms with E-state index in [0.29, 0.717) is 60.1 Å². The Hall–Kier alpha value is -4.59. The van der Waals surface area contributed by atoms with Crippen LogP contribution in [0.15, 0.2) is 84.9 Å². The maximum atomic E-state index is 14.3. The molecular weight excluding hydrogens is 786 g/mol. The SMILES string of the molecule is CCOc1ccc(C(=CC2(C=C(c3ccc(OCC)cc3)c3ccc(C)c(CC)c3N)OC(=O)c3c(Cl)c(Cl)c(Cl)c(Cl)c32)c2ccc(C)c(CC)c2N)cc1. The summed E-state index contributed by atoms with van der Waals surface area (Å²) >= 11 is 27.4. The van der Waals surface area contributed by atoms with Gasteiger partial charge >= 0.3 is 5.97 Å². The second kappa shape index (κ2) is 16.9. The van der Waals surface area contributed by atoms with Crippen molar-refractivity contribution in [3.8, 4) is 11.5 Å². The van der Waals surface area contributed by atoms with E-state index in [1.807, 2.05) is 113 Å². The molecule has 0 spiro atoms. The summed E-state index contributed by atoms with van der Waals surface area (Å²) in [5, 5.41) is -0.120. The highest BCUT2D eigenvalue weighted by molar-refractivity contribution is 6.53. The summed E-state index contributed by atoms with van der Waals surface area (Å²) < 4.78 is 18.2. The zero-order chi connectivity index (χ0) is 40.5. The number of aryl methyl sites for hydroxylation is 2. The smallest absolute Gasteiger partial charge is 0.341 e. The number of benzene rings is 5. The van der Waals surface area contributed by atoms with Crippen molar-refractivity contribution in [3.05, 3.63) is 161 Å². The molecule has 6 nitrogen and oxygen atoms in total. The van der Waals surface area contributed by atoms with Crippen LogP contribution in [0.25, 0.3) is 11.1 Å². The first-order valence-electron chi connectivity index (χ1n) is 18.6. The highest BCUT2D eigenvalue weighted by Crippen LogP contribution is 2.54. The Morgan fingerprint density at radius 2 is 1.04 bits per heavy atom. The number of hydrogen-bond acceptors (Lipinski definition) is 6. The molecule has 0 aliphatic carbocycles. The topological polar surface area (TPSA) is 96.8 Å². The summed E-state index contributed by atoms with van der Waals surface area (Å²) in [6, 6.07) is 23.4. The summed E-state index contributed by atoms with van der Waals surface area (Å²) in [6.45, 7) is 13.1. The Labute approximate surface area is 349 Å². The summed E-state index contributed by atoms with van der Waals surface area (Å²) in [4.78, 5) is 14.3. The molecular formula is C46H44Cl4N2O4. The molecule has 10 heteroatoms. The van der Waals surface area contributed by atoms with Gasteiger partial charge in [-0.05, 0) is 121 Å². The largest absolute Gasteiger partial charge is 0.494 e. The standard InChI is InChI=1S/C46H44Cl4N2O4/c1-7-31-25(5)11-21-33(43(31)51)35(27-13-17-29(18-14-27)54-9-3)23-46(38-37(45(53)56-46)39(47)41(49)42(50)40(38)48)24-36(28-15-19-30(20-16-28)55-10-4)34-22-12-26(6)32(8-2)44(34)52/h11-24H,7-10,51-52H2,1-6H3. The minimum atomic E-state index is -1.74. The Kier molecular flexibility index (Phi) is 12.4. The number of halogens is 4. The Balaban J connectivity index is 1.81. The number of carbonyl (C=O) groups is 1. The van der Waals surface area contributed by atoms with Gasteiger partial charge in [0, 0.05) is 28.1 Å². The van der Waals surface area contributed by atoms with Crippen LogP contribution in [0, 0.1) is 13.8 Å². The maximum Gasteiger partial charge on any atom is 0.341 e. The van der Waals surface area contributed by atoms with E-state index >= 15 is 0 Å². The first-order chi connectivity index (χ1) is 26.8. The summed E-state index contributed by atoms with van der Waals surface area (Å²) in [6.07, 6.45) is 5.13. The molecule has 4 N–H and O–H groups in total. The van der Waals surface area contributed by atoms with Crippen LogP contribution in [0.5, 0.6) is 11.5 Å².